The lowest BCUT2D eigenvalue weighted by Crippen LogP contribution is -2.52. The van der Waals surface area contributed by atoms with Gasteiger partial charge in [0.05, 0.1) is 25.8 Å². The summed E-state index contributed by atoms with van der Waals surface area (Å²) in [6, 6.07) is 15.0. The highest BCUT2D eigenvalue weighted by atomic mass is 16.5. The molecular formula is C29H35N5O5. The van der Waals surface area contributed by atoms with Crippen LogP contribution in [0.2, 0.25) is 0 Å². The van der Waals surface area contributed by atoms with Gasteiger partial charge in [-0.15, -0.1) is 0 Å². The summed E-state index contributed by atoms with van der Waals surface area (Å²) >= 11 is 0. The molecule has 0 aliphatic carbocycles. The molecule has 1 saturated heterocycles. The number of para-hydroxylation sites is 1. The number of hydrogen-bond donors (Lipinski definition) is 2. The Morgan fingerprint density at radius 2 is 1.87 bits per heavy atom. The molecule has 10 nitrogen and oxygen atoms in total. The SMILES string of the molecule is CN1Cc2c(c3ccccc3n2Cc2ccc(C(=O)NO)cc2)CC1C(=O)N(CC=O)CCN1CCOCC1. The number of ether oxygens (including phenoxy) is 1. The molecule has 3 heterocycles. The van der Waals surface area contributed by atoms with Crippen molar-refractivity contribution in [2.45, 2.75) is 25.6 Å². The standard InChI is InChI=1S/C29H35N5O5/c1-31-20-27-24(18-26(31)29(37)33(12-15-35)11-10-32-13-16-39-17-14-32)23-4-2-3-5-25(23)34(27)19-21-6-8-22(9-7-21)28(36)30-38/h2-9,15,26,38H,10-14,16-20H2,1H3,(H,30,36). The fourth-order valence-corrected chi connectivity index (χ4v) is 5.68. The van der Waals surface area contributed by atoms with E-state index in [0.29, 0.717) is 44.8 Å². The van der Waals surface area contributed by atoms with E-state index in [1.807, 2.05) is 31.3 Å². The molecule has 2 aliphatic heterocycles. The Morgan fingerprint density at radius 1 is 1.13 bits per heavy atom. The van der Waals surface area contributed by atoms with Crippen molar-refractivity contribution in [3.8, 4) is 0 Å². The Labute approximate surface area is 227 Å². The van der Waals surface area contributed by atoms with Crippen LogP contribution in [-0.2, 0) is 33.8 Å². The molecule has 10 heteroatoms. The smallest absolute Gasteiger partial charge is 0.274 e. The fraction of sp³-hybridized carbons (Fsp3) is 0.414. The molecule has 1 unspecified atom stereocenters. The third-order valence-corrected chi connectivity index (χ3v) is 7.86. The molecule has 39 heavy (non-hydrogen) atoms. The molecule has 2 N–H and O–H groups in total. The zero-order valence-electron chi connectivity index (χ0n) is 22.2. The van der Waals surface area contributed by atoms with E-state index in [2.05, 4.69) is 26.5 Å². The Morgan fingerprint density at radius 3 is 2.59 bits per heavy atom. The molecule has 3 aromatic rings. The molecule has 1 aromatic heterocycles. The summed E-state index contributed by atoms with van der Waals surface area (Å²) in [4.78, 5) is 43.0. The zero-order chi connectivity index (χ0) is 27.4. The van der Waals surface area contributed by atoms with E-state index in [1.54, 1.807) is 22.5 Å². The van der Waals surface area contributed by atoms with E-state index in [0.717, 1.165) is 53.6 Å². The van der Waals surface area contributed by atoms with E-state index < -0.39 is 5.91 Å². The highest BCUT2D eigenvalue weighted by Crippen LogP contribution is 2.33. The molecular weight excluding hydrogens is 498 g/mol. The minimum Gasteiger partial charge on any atom is -0.379 e. The number of hydroxylamine groups is 1. The van der Waals surface area contributed by atoms with Crippen LogP contribution in [0.25, 0.3) is 10.9 Å². The van der Waals surface area contributed by atoms with Crippen molar-refractivity contribution in [1.29, 1.82) is 0 Å². The molecule has 5 rings (SSSR count). The highest BCUT2D eigenvalue weighted by Gasteiger charge is 2.35. The number of nitrogens with one attached hydrogen (secondary N) is 1. The van der Waals surface area contributed by atoms with E-state index in [1.165, 1.54) is 0 Å². The first-order chi connectivity index (χ1) is 19.0. The van der Waals surface area contributed by atoms with Gasteiger partial charge >= 0.3 is 0 Å². The second kappa shape index (κ2) is 12.1. The molecule has 2 amide bonds. The first kappa shape index (κ1) is 27.0. The molecule has 0 saturated carbocycles. The Kier molecular flexibility index (Phi) is 8.37. The molecule has 0 spiro atoms. The highest BCUT2D eigenvalue weighted by molar-refractivity contribution is 5.93. The lowest BCUT2D eigenvalue weighted by molar-refractivity contribution is -0.139. The maximum absolute atomic E-state index is 13.8. The number of carbonyl (C=O) groups excluding carboxylic acids is 3. The summed E-state index contributed by atoms with van der Waals surface area (Å²) in [5.74, 6) is -0.561. The lowest BCUT2D eigenvalue weighted by atomic mass is 9.96. The minimum atomic E-state index is -0.545. The van der Waals surface area contributed by atoms with Crippen molar-refractivity contribution in [2.24, 2.45) is 0 Å². The average Bonchev–Trinajstić information content (AvgIpc) is 3.27. The Bertz CT molecular complexity index is 1330. The molecule has 1 atom stereocenters. The number of rotatable bonds is 9. The van der Waals surface area contributed by atoms with Gasteiger partial charge in [0.1, 0.15) is 6.29 Å². The lowest BCUT2D eigenvalue weighted by Gasteiger charge is -2.36. The number of hydrogen-bond acceptors (Lipinski definition) is 7. The quantitative estimate of drug-likeness (QED) is 0.244. The number of fused-ring (bicyclic) bond motifs is 3. The van der Waals surface area contributed by atoms with E-state index in [-0.39, 0.29) is 18.5 Å². The van der Waals surface area contributed by atoms with Crippen LogP contribution in [0, 0.1) is 0 Å². The summed E-state index contributed by atoms with van der Waals surface area (Å²) in [5.41, 5.74) is 6.49. The van der Waals surface area contributed by atoms with Crippen LogP contribution in [0.4, 0.5) is 0 Å². The molecule has 2 aliphatic rings. The molecule has 0 bridgehead atoms. The van der Waals surface area contributed by atoms with Crippen molar-refractivity contribution in [3.63, 3.8) is 0 Å². The van der Waals surface area contributed by atoms with Gasteiger partial charge in [0.2, 0.25) is 5.91 Å². The Balaban J connectivity index is 1.38. The zero-order valence-corrected chi connectivity index (χ0v) is 22.2. The maximum atomic E-state index is 13.8. The molecule has 2 aromatic carbocycles. The summed E-state index contributed by atoms with van der Waals surface area (Å²) in [6.45, 7) is 5.61. The van der Waals surface area contributed by atoms with E-state index >= 15 is 0 Å². The number of likely N-dealkylation sites (N-methyl/N-ethyl adjacent to an activating group) is 1. The van der Waals surface area contributed by atoms with Crippen molar-refractivity contribution in [2.75, 3.05) is 53.0 Å². The third kappa shape index (κ3) is 5.74. The van der Waals surface area contributed by atoms with E-state index in [9.17, 15) is 14.4 Å². The number of benzene rings is 2. The second-order valence-corrected chi connectivity index (χ2v) is 10.2. The van der Waals surface area contributed by atoms with Crippen LogP contribution < -0.4 is 5.48 Å². The predicted octanol–water partition coefficient (Wildman–Crippen LogP) is 1.52. The number of aromatic nitrogens is 1. The van der Waals surface area contributed by atoms with Gasteiger partial charge in [-0.2, -0.15) is 0 Å². The normalized spacial score (nSPS) is 18.1. The van der Waals surface area contributed by atoms with Crippen molar-refractivity contribution in [1.82, 2.24) is 24.7 Å². The third-order valence-electron chi connectivity index (χ3n) is 7.86. The van der Waals surface area contributed by atoms with Crippen molar-refractivity contribution < 1.29 is 24.3 Å². The van der Waals surface area contributed by atoms with Gasteiger partial charge in [-0.3, -0.25) is 24.6 Å². The number of nitrogens with zero attached hydrogens (tertiary/aromatic N) is 4. The van der Waals surface area contributed by atoms with Crippen LogP contribution in [0.3, 0.4) is 0 Å². The van der Waals surface area contributed by atoms with Crippen LogP contribution in [0.15, 0.2) is 48.5 Å². The van der Waals surface area contributed by atoms with Gasteiger partial charge in [-0.1, -0.05) is 30.3 Å². The topological polar surface area (TPSA) is 107 Å². The maximum Gasteiger partial charge on any atom is 0.274 e. The molecule has 0 radical (unpaired) electrons. The van der Waals surface area contributed by atoms with Crippen LogP contribution in [0.5, 0.6) is 0 Å². The first-order valence-electron chi connectivity index (χ1n) is 13.3. The summed E-state index contributed by atoms with van der Waals surface area (Å²) in [5, 5.41) is 10.0. The Hall–Kier alpha value is -3.57. The molecule has 1 fully saturated rings. The largest absolute Gasteiger partial charge is 0.379 e. The summed E-state index contributed by atoms with van der Waals surface area (Å²) in [6.07, 6.45) is 1.38. The van der Waals surface area contributed by atoms with Crippen molar-refractivity contribution in [3.05, 3.63) is 70.9 Å². The fourth-order valence-electron chi connectivity index (χ4n) is 5.68. The van der Waals surface area contributed by atoms with Gasteiger partial charge in [-0.25, -0.2) is 5.48 Å². The average molecular weight is 534 g/mol. The second-order valence-electron chi connectivity index (χ2n) is 10.2. The van der Waals surface area contributed by atoms with Gasteiger partial charge in [0.15, 0.2) is 0 Å². The number of aldehydes is 1. The van der Waals surface area contributed by atoms with Crippen LogP contribution in [-0.4, -0.2) is 102 Å². The van der Waals surface area contributed by atoms with E-state index in [4.69, 9.17) is 9.94 Å². The van der Waals surface area contributed by atoms with Gasteiger partial charge < -0.3 is 19.0 Å². The monoisotopic (exact) mass is 533 g/mol. The van der Waals surface area contributed by atoms with Crippen LogP contribution >= 0.6 is 0 Å². The van der Waals surface area contributed by atoms with Crippen LogP contribution in [0.1, 0.15) is 27.2 Å². The number of morpholine rings is 1. The predicted molar refractivity (Wildman–Crippen MR) is 146 cm³/mol. The number of amides is 2. The summed E-state index contributed by atoms with van der Waals surface area (Å²) in [7, 11) is 1.97. The molecule has 206 valence electrons. The van der Waals surface area contributed by atoms with Gasteiger partial charge in [-0.05, 0) is 42.8 Å². The van der Waals surface area contributed by atoms with Gasteiger partial charge in [0, 0.05) is 61.4 Å². The minimum absolute atomic E-state index is 0.0157. The van der Waals surface area contributed by atoms with Gasteiger partial charge in [0.25, 0.3) is 5.91 Å². The van der Waals surface area contributed by atoms with Crippen molar-refractivity contribution >= 4 is 29.0 Å². The first-order valence-corrected chi connectivity index (χ1v) is 13.3. The summed E-state index contributed by atoms with van der Waals surface area (Å²) < 4.78 is 7.71. The number of carbonyl (C=O) groups is 3.